The number of thioether (sulfide) groups is 1. The molecule has 172 valence electrons. The molecule has 0 unspecified atom stereocenters. The highest BCUT2D eigenvalue weighted by Gasteiger charge is 2.11. The van der Waals surface area contributed by atoms with E-state index in [9.17, 15) is 19.2 Å². The first-order valence-electron chi connectivity index (χ1n) is 10.0. The lowest BCUT2D eigenvalue weighted by molar-refractivity contribution is -0.120. The van der Waals surface area contributed by atoms with Gasteiger partial charge in [0.15, 0.2) is 5.16 Å². The first kappa shape index (κ1) is 24.2. The molecule has 0 bridgehead atoms. The molecular weight excluding hydrogens is 464 g/mol. The minimum Gasteiger partial charge on any atom is -0.462 e. The van der Waals surface area contributed by atoms with Crippen LogP contribution in [0.3, 0.4) is 0 Å². The number of amides is 2. The second-order valence-electron chi connectivity index (χ2n) is 6.71. The fraction of sp³-hybridized carbons (Fsp3) is 0.227. The molecule has 0 saturated carbocycles. The number of esters is 1. The first-order valence-corrected chi connectivity index (χ1v) is 11.9. The molecule has 33 heavy (non-hydrogen) atoms. The Hall–Kier alpha value is -3.44. The molecule has 2 aromatic heterocycles. The van der Waals surface area contributed by atoms with Crippen LogP contribution >= 0.6 is 23.1 Å². The predicted octanol–water partition coefficient (Wildman–Crippen LogP) is 2.60. The third-order valence-corrected chi connectivity index (χ3v) is 5.92. The van der Waals surface area contributed by atoms with E-state index in [4.69, 9.17) is 4.74 Å². The monoisotopic (exact) mass is 486 g/mol. The number of hydrogen-bond acceptors (Lipinski definition) is 8. The van der Waals surface area contributed by atoms with Gasteiger partial charge in [0.2, 0.25) is 11.8 Å². The zero-order valence-corrected chi connectivity index (χ0v) is 19.4. The van der Waals surface area contributed by atoms with Gasteiger partial charge >= 0.3 is 5.97 Å². The second kappa shape index (κ2) is 12.0. The quantitative estimate of drug-likeness (QED) is 0.228. The Labute approximate surface area is 198 Å². The van der Waals surface area contributed by atoms with Crippen LogP contribution in [0.1, 0.15) is 27.9 Å². The maximum atomic E-state index is 12.2. The van der Waals surface area contributed by atoms with Crippen molar-refractivity contribution in [2.75, 3.05) is 17.7 Å². The van der Waals surface area contributed by atoms with Gasteiger partial charge in [-0.05, 0) is 42.6 Å². The summed E-state index contributed by atoms with van der Waals surface area (Å²) in [5.41, 5.74) is 0.830. The van der Waals surface area contributed by atoms with Gasteiger partial charge in [0.05, 0.1) is 36.6 Å². The number of hydrogen-bond donors (Lipinski definition) is 3. The van der Waals surface area contributed by atoms with E-state index in [2.05, 4.69) is 20.6 Å². The van der Waals surface area contributed by atoms with Crippen LogP contribution in [0.25, 0.3) is 0 Å². The first-order chi connectivity index (χ1) is 15.9. The van der Waals surface area contributed by atoms with Crippen molar-refractivity contribution in [1.82, 2.24) is 15.3 Å². The van der Waals surface area contributed by atoms with Crippen molar-refractivity contribution in [1.29, 1.82) is 0 Å². The van der Waals surface area contributed by atoms with E-state index in [1.54, 1.807) is 42.5 Å². The van der Waals surface area contributed by atoms with Crippen LogP contribution in [0.5, 0.6) is 0 Å². The van der Waals surface area contributed by atoms with Gasteiger partial charge in [0, 0.05) is 16.6 Å². The van der Waals surface area contributed by atoms with Crippen molar-refractivity contribution in [3.8, 4) is 0 Å². The molecule has 0 atom stereocenters. The van der Waals surface area contributed by atoms with E-state index >= 15 is 0 Å². The molecule has 0 fully saturated rings. The molecule has 1 aromatic carbocycles. The topological polar surface area (TPSA) is 130 Å². The van der Waals surface area contributed by atoms with E-state index in [0.29, 0.717) is 23.5 Å². The number of aromatic amines is 1. The number of nitrogens with zero attached hydrogens (tertiary/aromatic N) is 1. The van der Waals surface area contributed by atoms with Crippen LogP contribution in [0.2, 0.25) is 0 Å². The molecule has 0 saturated heterocycles. The Balaban J connectivity index is 1.50. The summed E-state index contributed by atoms with van der Waals surface area (Å²) in [4.78, 5) is 55.8. The van der Waals surface area contributed by atoms with Crippen molar-refractivity contribution in [3.63, 3.8) is 0 Å². The van der Waals surface area contributed by atoms with Gasteiger partial charge in [-0.1, -0.05) is 17.8 Å². The molecule has 9 nitrogen and oxygen atoms in total. The van der Waals surface area contributed by atoms with Crippen LogP contribution in [0.15, 0.2) is 57.8 Å². The summed E-state index contributed by atoms with van der Waals surface area (Å²) in [7, 11) is 0. The third-order valence-electron chi connectivity index (χ3n) is 4.17. The highest BCUT2D eigenvalue weighted by atomic mass is 32.2. The number of anilines is 1. The highest BCUT2D eigenvalue weighted by Crippen LogP contribution is 2.15. The van der Waals surface area contributed by atoms with Crippen molar-refractivity contribution in [2.24, 2.45) is 0 Å². The summed E-state index contributed by atoms with van der Waals surface area (Å²) in [6.45, 7) is 2.43. The van der Waals surface area contributed by atoms with Crippen LogP contribution in [0.4, 0.5) is 5.69 Å². The minimum atomic E-state index is -0.430. The normalized spacial score (nSPS) is 10.5. The molecule has 0 radical (unpaired) electrons. The van der Waals surface area contributed by atoms with E-state index < -0.39 is 11.5 Å². The second-order valence-corrected chi connectivity index (χ2v) is 8.71. The number of benzene rings is 1. The molecule has 3 rings (SSSR count). The Morgan fingerprint density at radius 1 is 1.15 bits per heavy atom. The maximum Gasteiger partial charge on any atom is 0.338 e. The van der Waals surface area contributed by atoms with Crippen molar-refractivity contribution >= 4 is 46.6 Å². The Kier molecular flexibility index (Phi) is 8.79. The zero-order valence-electron chi connectivity index (χ0n) is 17.8. The number of ether oxygens (including phenoxy) is 1. The van der Waals surface area contributed by atoms with E-state index in [1.807, 2.05) is 17.5 Å². The number of rotatable bonds is 10. The fourth-order valence-corrected chi connectivity index (χ4v) is 4.04. The van der Waals surface area contributed by atoms with Crippen LogP contribution < -0.4 is 16.2 Å². The number of carbonyl (C=O) groups excluding carboxylic acids is 3. The van der Waals surface area contributed by atoms with Crippen molar-refractivity contribution in [3.05, 3.63) is 74.3 Å². The average molecular weight is 487 g/mol. The Morgan fingerprint density at radius 3 is 2.64 bits per heavy atom. The van der Waals surface area contributed by atoms with Crippen molar-refractivity contribution < 1.29 is 19.1 Å². The number of nitrogens with one attached hydrogen (secondary N) is 3. The standard InChI is InChI=1S/C22H22N4O5S2/c1-2-31-21(30)14-5-7-15(8-6-14)24-20(29)13-33-22-25-16(11-19(28)26-22)10-18(27)23-12-17-4-3-9-32-17/h3-9,11H,2,10,12-13H2,1H3,(H,23,27)(H,24,29)(H,25,26,28). The molecule has 2 heterocycles. The van der Waals surface area contributed by atoms with Crippen LogP contribution in [0, 0.1) is 0 Å². The molecule has 0 aliphatic rings. The summed E-state index contributed by atoms with van der Waals surface area (Å²) in [5.74, 6) is -0.996. The summed E-state index contributed by atoms with van der Waals surface area (Å²) >= 11 is 2.59. The lowest BCUT2D eigenvalue weighted by Gasteiger charge is -2.07. The van der Waals surface area contributed by atoms with Gasteiger partial charge in [-0.2, -0.15) is 0 Å². The summed E-state index contributed by atoms with van der Waals surface area (Å²) < 4.78 is 4.92. The number of carbonyl (C=O) groups is 3. The molecule has 2 amide bonds. The smallest absolute Gasteiger partial charge is 0.338 e. The highest BCUT2D eigenvalue weighted by molar-refractivity contribution is 7.99. The molecule has 0 aliphatic heterocycles. The van der Waals surface area contributed by atoms with Gasteiger partial charge in [0.1, 0.15) is 0 Å². The van der Waals surface area contributed by atoms with Crippen LogP contribution in [-0.2, 0) is 27.3 Å². The molecule has 11 heteroatoms. The maximum absolute atomic E-state index is 12.2. The van der Waals surface area contributed by atoms with Gasteiger partial charge in [-0.15, -0.1) is 11.3 Å². The Morgan fingerprint density at radius 2 is 1.94 bits per heavy atom. The lowest BCUT2D eigenvalue weighted by atomic mass is 10.2. The molecular formula is C22H22N4O5S2. The third kappa shape index (κ3) is 7.88. The summed E-state index contributed by atoms with van der Waals surface area (Å²) in [6, 6.07) is 11.4. The number of thiophene rings is 1. The average Bonchev–Trinajstić information content (AvgIpc) is 3.30. The van der Waals surface area contributed by atoms with Gasteiger partial charge in [0.25, 0.3) is 5.56 Å². The van der Waals surface area contributed by atoms with E-state index in [0.717, 1.165) is 16.6 Å². The van der Waals surface area contributed by atoms with Crippen LogP contribution in [-0.4, -0.2) is 40.1 Å². The fourth-order valence-electron chi connectivity index (χ4n) is 2.70. The number of H-pyrrole nitrogens is 1. The molecule has 3 N–H and O–H groups in total. The van der Waals surface area contributed by atoms with Gasteiger partial charge < -0.3 is 20.4 Å². The summed E-state index contributed by atoms with van der Waals surface area (Å²) in [6.07, 6.45) is -0.0398. The van der Waals surface area contributed by atoms with Gasteiger partial charge in [-0.3, -0.25) is 14.4 Å². The number of aromatic nitrogens is 2. The van der Waals surface area contributed by atoms with E-state index in [-0.39, 0.29) is 35.8 Å². The largest absolute Gasteiger partial charge is 0.462 e. The SMILES string of the molecule is CCOC(=O)c1ccc(NC(=O)CSc2nc(CC(=O)NCc3cccs3)cc(=O)[nH]2)cc1. The summed E-state index contributed by atoms with van der Waals surface area (Å²) in [5, 5.41) is 7.67. The Bertz CT molecular complexity index is 1160. The molecule has 3 aromatic rings. The van der Waals surface area contributed by atoms with Crippen molar-refractivity contribution in [2.45, 2.75) is 25.0 Å². The van der Waals surface area contributed by atoms with E-state index in [1.165, 1.54) is 6.07 Å². The predicted molar refractivity (Wildman–Crippen MR) is 126 cm³/mol. The van der Waals surface area contributed by atoms with Gasteiger partial charge in [-0.25, -0.2) is 9.78 Å². The lowest BCUT2D eigenvalue weighted by Crippen LogP contribution is -2.25. The molecule has 0 aliphatic carbocycles. The zero-order chi connectivity index (χ0) is 23.6. The molecule has 0 spiro atoms. The minimum absolute atomic E-state index is 0.00338.